The molecule has 1 aromatic heterocycles. The summed E-state index contributed by atoms with van der Waals surface area (Å²) < 4.78 is 25.9. The molecule has 0 aliphatic heterocycles. The van der Waals surface area contributed by atoms with E-state index in [0.29, 0.717) is 9.47 Å². The van der Waals surface area contributed by atoms with Crippen molar-refractivity contribution in [2.75, 3.05) is 30.9 Å². The molecule has 3 N–H and O–H groups in total. The zero-order chi connectivity index (χ0) is 17.9. The lowest BCUT2D eigenvalue weighted by molar-refractivity contribution is -0.113. The lowest BCUT2D eigenvalue weighted by Gasteiger charge is -2.13. The van der Waals surface area contributed by atoms with Gasteiger partial charge in [0.15, 0.2) is 4.34 Å². The lowest BCUT2D eigenvalue weighted by Crippen LogP contribution is -2.22. The molecule has 130 valence electrons. The molecule has 2 rings (SSSR count). The SMILES string of the molecule is CN(C)S(=O)(=O)c1ccc(Cl)c(NC(=O)CSc2nnc(N)s2)c1. The molecular weight excluding hydrogens is 394 g/mol. The molecule has 0 bridgehead atoms. The van der Waals surface area contributed by atoms with Crippen LogP contribution in [0.5, 0.6) is 0 Å². The first-order chi connectivity index (χ1) is 11.2. The number of nitrogens with zero attached hydrogens (tertiary/aromatic N) is 3. The number of aromatic nitrogens is 2. The number of rotatable bonds is 6. The van der Waals surface area contributed by atoms with Gasteiger partial charge in [-0.1, -0.05) is 34.7 Å². The molecule has 8 nitrogen and oxygen atoms in total. The Morgan fingerprint density at radius 1 is 1.42 bits per heavy atom. The summed E-state index contributed by atoms with van der Waals surface area (Å²) in [4.78, 5) is 12.1. The van der Waals surface area contributed by atoms with E-state index in [9.17, 15) is 13.2 Å². The lowest BCUT2D eigenvalue weighted by atomic mass is 10.3. The third kappa shape index (κ3) is 4.57. The number of hydrogen-bond acceptors (Lipinski definition) is 8. The average molecular weight is 408 g/mol. The minimum absolute atomic E-state index is 0.0387. The van der Waals surface area contributed by atoms with E-state index < -0.39 is 10.0 Å². The maximum absolute atomic E-state index is 12.1. The van der Waals surface area contributed by atoms with Crippen LogP contribution in [0.2, 0.25) is 5.02 Å². The molecule has 12 heteroatoms. The highest BCUT2D eigenvalue weighted by Gasteiger charge is 2.19. The number of nitrogens with two attached hydrogens (primary N) is 1. The molecule has 1 heterocycles. The van der Waals surface area contributed by atoms with E-state index >= 15 is 0 Å². The van der Waals surface area contributed by atoms with E-state index in [4.69, 9.17) is 17.3 Å². The molecule has 0 aliphatic rings. The Kier molecular flexibility index (Phi) is 6.04. The van der Waals surface area contributed by atoms with Gasteiger partial charge >= 0.3 is 0 Å². The van der Waals surface area contributed by atoms with Crippen molar-refractivity contribution in [1.29, 1.82) is 0 Å². The molecular formula is C12H14ClN5O3S3. The summed E-state index contributed by atoms with van der Waals surface area (Å²) in [5.74, 6) is -0.287. The van der Waals surface area contributed by atoms with Crippen LogP contribution in [0.15, 0.2) is 27.4 Å². The highest BCUT2D eigenvalue weighted by molar-refractivity contribution is 8.01. The number of nitrogens with one attached hydrogen (secondary N) is 1. The normalized spacial score (nSPS) is 11.7. The van der Waals surface area contributed by atoms with Crippen molar-refractivity contribution in [3.05, 3.63) is 23.2 Å². The molecule has 1 amide bonds. The van der Waals surface area contributed by atoms with E-state index in [1.165, 1.54) is 55.4 Å². The maximum atomic E-state index is 12.1. The minimum Gasteiger partial charge on any atom is -0.374 e. The molecule has 1 aromatic carbocycles. The zero-order valence-electron chi connectivity index (χ0n) is 12.7. The van der Waals surface area contributed by atoms with Gasteiger partial charge in [0.1, 0.15) is 0 Å². The fraction of sp³-hybridized carbons (Fsp3) is 0.250. The fourth-order valence-electron chi connectivity index (χ4n) is 1.56. The first-order valence-corrected chi connectivity index (χ1v) is 10.1. The van der Waals surface area contributed by atoms with Crippen molar-refractivity contribution in [2.45, 2.75) is 9.24 Å². The van der Waals surface area contributed by atoms with Gasteiger partial charge in [0.2, 0.25) is 21.1 Å². The molecule has 0 atom stereocenters. The number of thioether (sulfide) groups is 1. The highest BCUT2D eigenvalue weighted by Crippen LogP contribution is 2.27. The number of halogens is 1. The molecule has 0 spiro atoms. The fourth-order valence-corrected chi connectivity index (χ4v) is 4.09. The highest BCUT2D eigenvalue weighted by atomic mass is 35.5. The van der Waals surface area contributed by atoms with Gasteiger partial charge in [-0.05, 0) is 18.2 Å². The predicted molar refractivity (Wildman–Crippen MR) is 96.0 cm³/mol. The van der Waals surface area contributed by atoms with Gasteiger partial charge in [-0.25, -0.2) is 12.7 Å². The molecule has 0 aliphatic carbocycles. The second-order valence-corrected chi connectivity index (χ2v) is 9.46. The van der Waals surface area contributed by atoms with Crippen LogP contribution in [0.1, 0.15) is 0 Å². The van der Waals surface area contributed by atoms with Crippen LogP contribution in [-0.4, -0.2) is 48.7 Å². The summed E-state index contributed by atoms with van der Waals surface area (Å²) in [5, 5.41) is 10.6. The van der Waals surface area contributed by atoms with Crippen molar-refractivity contribution in [2.24, 2.45) is 0 Å². The summed E-state index contributed by atoms with van der Waals surface area (Å²) in [6.07, 6.45) is 0. The number of carbonyl (C=O) groups is 1. The van der Waals surface area contributed by atoms with Gasteiger partial charge in [0, 0.05) is 14.1 Å². The number of sulfonamides is 1. The van der Waals surface area contributed by atoms with Crippen molar-refractivity contribution >= 4 is 61.4 Å². The Labute approximate surface area is 152 Å². The summed E-state index contributed by atoms with van der Waals surface area (Å²) >= 11 is 8.37. The monoisotopic (exact) mass is 407 g/mol. The molecule has 0 radical (unpaired) electrons. The Morgan fingerprint density at radius 3 is 2.71 bits per heavy atom. The van der Waals surface area contributed by atoms with Gasteiger partial charge in [0.05, 0.1) is 21.4 Å². The maximum Gasteiger partial charge on any atom is 0.242 e. The van der Waals surface area contributed by atoms with Crippen LogP contribution in [0.25, 0.3) is 0 Å². The Bertz CT molecular complexity index is 853. The average Bonchev–Trinajstić information content (AvgIpc) is 2.92. The summed E-state index contributed by atoms with van der Waals surface area (Å²) in [5.41, 5.74) is 5.69. The standard InChI is InChI=1S/C12H14ClN5O3S3/c1-18(2)24(20,21)7-3-4-8(13)9(5-7)15-10(19)6-22-12-17-16-11(14)23-12/h3-5H,6H2,1-2H3,(H2,14,16)(H,15,19). The quantitative estimate of drug-likeness (QED) is 0.700. The van der Waals surface area contributed by atoms with Crippen molar-refractivity contribution in [3.63, 3.8) is 0 Å². The molecule has 0 saturated carbocycles. The van der Waals surface area contributed by atoms with Crippen molar-refractivity contribution in [1.82, 2.24) is 14.5 Å². The second kappa shape index (κ2) is 7.66. The number of amides is 1. The van der Waals surface area contributed by atoms with Crippen LogP contribution in [-0.2, 0) is 14.8 Å². The smallest absolute Gasteiger partial charge is 0.242 e. The van der Waals surface area contributed by atoms with Crippen LogP contribution in [0, 0.1) is 0 Å². The number of benzene rings is 1. The third-order valence-electron chi connectivity index (χ3n) is 2.74. The third-order valence-corrected chi connectivity index (χ3v) is 6.77. The predicted octanol–water partition coefficient (Wildman–Crippen LogP) is 1.75. The Hall–Kier alpha value is -1.40. The van der Waals surface area contributed by atoms with Gasteiger partial charge in [-0.15, -0.1) is 10.2 Å². The topological polar surface area (TPSA) is 118 Å². The van der Waals surface area contributed by atoms with Crippen LogP contribution < -0.4 is 11.1 Å². The molecule has 2 aromatic rings. The van der Waals surface area contributed by atoms with Crippen LogP contribution in [0.4, 0.5) is 10.8 Å². The Morgan fingerprint density at radius 2 is 2.12 bits per heavy atom. The number of nitrogen functional groups attached to an aromatic ring is 1. The number of carbonyl (C=O) groups excluding carboxylic acids is 1. The van der Waals surface area contributed by atoms with E-state index in [1.807, 2.05) is 0 Å². The Balaban J connectivity index is 2.10. The van der Waals surface area contributed by atoms with Gasteiger partial charge in [0.25, 0.3) is 0 Å². The summed E-state index contributed by atoms with van der Waals surface area (Å²) in [6, 6.07) is 4.13. The molecule has 24 heavy (non-hydrogen) atoms. The van der Waals surface area contributed by atoms with Gasteiger partial charge in [-0.2, -0.15) is 0 Å². The van der Waals surface area contributed by atoms with Crippen molar-refractivity contribution in [3.8, 4) is 0 Å². The first kappa shape index (κ1) is 18.9. The van der Waals surface area contributed by atoms with Crippen LogP contribution >= 0.6 is 34.7 Å². The van der Waals surface area contributed by atoms with E-state index in [-0.39, 0.29) is 27.3 Å². The summed E-state index contributed by atoms with van der Waals surface area (Å²) in [7, 11) is -0.770. The van der Waals surface area contributed by atoms with E-state index in [1.54, 1.807) is 0 Å². The largest absolute Gasteiger partial charge is 0.374 e. The van der Waals surface area contributed by atoms with E-state index in [2.05, 4.69) is 15.5 Å². The van der Waals surface area contributed by atoms with Crippen molar-refractivity contribution < 1.29 is 13.2 Å². The second-order valence-electron chi connectivity index (χ2n) is 4.67. The minimum atomic E-state index is -3.62. The zero-order valence-corrected chi connectivity index (χ0v) is 15.9. The van der Waals surface area contributed by atoms with Crippen LogP contribution in [0.3, 0.4) is 0 Å². The molecule has 0 saturated heterocycles. The molecule has 0 fully saturated rings. The van der Waals surface area contributed by atoms with Gasteiger partial charge in [-0.3, -0.25) is 4.79 Å². The number of hydrogen-bond donors (Lipinski definition) is 2. The first-order valence-electron chi connectivity index (χ1n) is 6.44. The molecule has 0 unspecified atom stereocenters. The van der Waals surface area contributed by atoms with E-state index in [0.717, 1.165) is 4.31 Å². The number of anilines is 2. The summed E-state index contributed by atoms with van der Waals surface area (Å²) in [6.45, 7) is 0. The van der Waals surface area contributed by atoms with Gasteiger partial charge < -0.3 is 11.1 Å².